The summed E-state index contributed by atoms with van der Waals surface area (Å²) in [5.41, 5.74) is 1.98. The van der Waals surface area contributed by atoms with E-state index in [0.717, 1.165) is 16.7 Å². The highest BCUT2D eigenvalue weighted by Crippen LogP contribution is 2.46. The van der Waals surface area contributed by atoms with E-state index in [9.17, 15) is 14.0 Å². The number of hydrogen-bond acceptors (Lipinski definition) is 2. The van der Waals surface area contributed by atoms with E-state index in [1.54, 1.807) is 12.1 Å². The normalized spacial score (nSPS) is 14.6. The van der Waals surface area contributed by atoms with Crippen molar-refractivity contribution in [1.82, 2.24) is 10.6 Å². The molecule has 2 aromatic rings. The second kappa shape index (κ2) is 7.05. The van der Waals surface area contributed by atoms with Crippen LogP contribution in [-0.2, 0) is 22.7 Å². The highest BCUT2D eigenvalue weighted by Gasteiger charge is 2.56. The fraction of sp³-hybridized carbons (Fsp3) is 0.300. The van der Waals surface area contributed by atoms with Crippen molar-refractivity contribution in [2.24, 2.45) is 5.41 Å². The largest absolute Gasteiger partial charge is 0.351 e. The molecule has 1 saturated carbocycles. The average molecular weight is 340 g/mol. The molecular formula is C20H21FN2O2. The third-order valence-corrected chi connectivity index (χ3v) is 4.52. The lowest BCUT2D eigenvalue weighted by Crippen LogP contribution is -2.42. The van der Waals surface area contributed by atoms with Crippen LogP contribution in [0.1, 0.15) is 29.5 Å². The summed E-state index contributed by atoms with van der Waals surface area (Å²) in [5, 5.41) is 5.65. The minimum atomic E-state index is -0.955. The van der Waals surface area contributed by atoms with Crippen LogP contribution in [0.15, 0.2) is 48.5 Å². The molecule has 0 heterocycles. The summed E-state index contributed by atoms with van der Waals surface area (Å²) >= 11 is 0. The number of halogens is 1. The lowest BCUT2D eigenvalue weighted by atomic mass is 10.0. The Bertz CT molecular complexity index is 783. The molecular weight excluding hydrogens is 319 g/mol. The summed E-state index contributed by atoms with van der Waals surface area (Å²) in [6, 6.07) is 13.8. The molecule has 130 valence electrons. The Kier molecular flexibility index (Phi) is 4.83. The molecule has 0 aromatic heterocycles. The second-order valence-corrected chi connectivity index (χ2v) is 6.56. The molecule has 0 bridgehead atoms. The number of carbonyl (C=O) groups excluding carboxylic acids is 2. The van der Waals surface area contributed by atoms with Gasteiger partial charge in [-0.3, -0.25) is 9.59 Å². The van der Waals surface area contributed by atoms with Crippen LogP contribution in [0.25, 0.3) is 0 Å². The Hall–Kier alpha value is -2.69. The van der Waals surface area contributed by atoms with Gasteiger partial charge in [0.1, 0.15) is 11.2 Å². The van der Waals surface area contributed by atoms with E-state index >= 15 is 0 Å². The lowest BCUT2D eigenvalue weighted by molar-refractivity contribution is -0.137. The van der Waals surface area contributed by atoms with Crippen molar-refractivity contribution in [1.29, 1.82) is 0 Å². The molecule has 1 fully saturated rings. The van der Waals surface area contributed by atoms with Gasteiger partial charge in [-0.2, -0.15) is 0 Å². The van der Waals surface area contributed by atoms with E-state index in [1.807, 2.05) is 31.2 Å². The first kappa shape index (κ1) is 17.1. The zero-order valence-corrected chi connectivity index (χ0v) is 14.1. The van der Waals surface area contributed by atoms with Crippen LogP contribution >= 0.6 is 0 Å². The van der Waals surface area contributed by atoms with Gasteiger partial charge >= 0.3 is 0 Å². The van der Waals surface area contributed by atoms with Crippen molar-refractivity contribution in [2.75, 3.05) is 0 Å². The fourth-order valence-corrected chi connectivity index (χ4v) is 2.81. The highest BCUT2D eigenvalue weighted by atomic mass is 19.1. The molecule has 0 atom stereocenters. The van der Waals surface area contributed by atoms with Crippen molar-refractivity contribution in [3.63, 3.8) is 0 Å². The Balaban J connectivity index is 1.54. The topological polar surface area (TPSA) is 58.2 Å². The zero-order valence-electron chi connectivity index (χ0n) is 14.1. The smallest absolute Gasteiger partial charge is 0.235 e. The fourth-order valence-electron chi connectivity index (χ4n) is 2.81. The summed E-state index contributed by atoms with van der Waals surface area (Å²) in [7, 11) is 0. The van der Waals surface area contributed by atoms with E-state index in [0.29, 0.717) is 19.4 Å². The maximum atomic E-state index is 12.9. The summed E-state index contributed by atoms with van der Waals surface area (Å²) in [6.45, 7) is 2.69. The number of aryl methyl sites for hydroxylation is 1. The third-order valence-electron chi connectivity index (χ3n) is 4.52. The van der Waals surface area contributed by atoms with Crippen molar-refractivity contribution < 1.29 is 14.0 Å². The minimum absolute atomic E-state index is 0.231. The molecule has 1 aliphatic rings. The lowest BCUT2D eigenvalue weighted by Gasteiger charge is -2.15. The molecule has 5 heteroatoms. The summed E-state index contributed by atoms with van der Waals surface area (Å²) in [4.78, 5) is 24.9. The van der Waals surface area contributed by atoms with E-state index < -0.39 is 5.41 Å². The van der Waals surface area contributed by atoms with E-state index in [2.05, 4.69) is 10.6 Å². The van der Waals surface area contributed by atoms with E-state index in [-0.39, 0.29) is 24.2 Å². The maximum Gasteiger partial charge on any atom is 0.235 e. The van der Waals surface area contributed by atoms with Gasteiger partial charge in [-0.15, -0.1) is 0 Å². The van der Waals surface area contributed by atoms with Gasteiger partial charge in [-0.25, -0.2) is 4.39 Å². The Morgan fingerprint density at radius 1 is 0.960 bits per heavy atom. The van der Waals surface area contributed by atoms with Crippen LogP contribution in [0, 0.1) is 18.2 Å². The number of carbonyl (C=O) groups is 2. The molecule has 1 aliphatic carbocycles. The summed E-state index contributed by atoms with van der Waals surface area (Å²) < 4.78 is 12.9. The van der Waals surface area contributed by atoms with Crippen LogP contribution < -0.4 is 10.6 Å². The third kappa shape index (κ3) is 4.05. The Morgan fingerprint density at radius 3 is 2.12 bits per heavy atom. The quantitative estimate of drug-likeness (QED) is 0.795. The Labute approximate surface area is 146 Å². The maximum absolute atomic E-state index is 12.9. The monoisotopic (exact) mass is 340 g/mol. The molecule has 3 rings (SSSR count). The van der Waals surface area contributed by atoms with Crippen LogP contribution in [0.3, 0.4) is 0 Å². The van der Waals surface area contributed by atoms with Gasteiger partial charge in [0.15, 0.2) is 0 Å². The van der Waals surface area contributed by atoms with Crippen LogP contribution in [-0.4, -0.2) is 11.8 Å². The van der Waals surface area contributed by atoms with Gasteiger partial charge in [0.2, 0.25) is 11.8 Å². The number of amides is 2. The highest BCUT2D eigenvalue weighted by molar-refractivity contribution is 6.07. The Morgan fingerprint density at radius 2 is 1.56 bits per heavy atom. The van der Waals surface area contributed by atoms with Gasteiger partial charge < -0.3 is 10.6 Å². The van der Waals surface area contributed by atoms with Crippen LogP contribution in [0.4, 0.5) is 4.39 Å². The number of rotatable bonds is 6. The van der Waals surface area contributed by atoms with Gasteiger partial charge in [0.25, 0.3) is 0 Å². The van der Waals surface area contributed by atoms with Crippen molar-refractivity contribution >= 4 is 11.8 Å². The molecule has 0 radical (unpaired) electrons. The molecule has 0 saturated heterocycles. The van der Waals surface area contributed by atoms with Crippen molar-refractivity contribution in [3.8, 4) is 0 Å². The van der Waals surface area contributed by atoms with Crippen molar-refractivity contribution in [3.05, 3.63) is 71.0 Å². The van der Waals surface area contributed by atoms with Gasteiger partial charge in [-0.1, -0.05) is 42.0 Å². The van der Waals surface area contributed by atoms with Gasteiger partial charge in [-0.05, 0) is 43.0 Å². The molecule has 25 heavy (non-hydrogen) atoms. The molecule has 2 amide bonds. The van der Waals surface area contributed by atoms with Crippen molar-refractivity contribution in [2.45, 2.75) is 32.9 Å². The predicted molar refractivity (Wildman–Crippen MR) is 92.9 cm³/mol. The number of benzene rings is 2. The number of hydrogen-bond donors (Lipinski definition) is 2. The predicted octanol–water partition coefficient (Wildman–Crippen LogP) is 2.85. The molecule has 0 unspecified atom stereocenters. The van der Waals surface area contributed by atoms with Gasteiger partial charge in [0, 0.05) is 13.1 Å². The van der Waals surface area contributed by atoms with E-state index in [4.69, 9.17) is 0 Å². The summed E-state index contributed by atoms with van der Waals surface area (Å²) in [6.07, 6.45) is 1.11. The second-order valence-electron chi connectivity index (χ2n) is 6.56. The molecule has 0 aliphatic heterocycles. The molecule has 4 nitrogen and oxygen atoms in total. The first-order valence-corrected chi connectivity index (χ1v) is 8.36. The zero-order chi connectivity index (χ0) is 17.9. The molecule has 0 spiro atoms. The average Bonchev–Trinajstić information content (AvgIpc) is 3.41. The summed E-state index contributed by atoms with van der Waals surface area (Å²) in [5.74, 6) is -0.812. The SMILES string of the molecule is Cc1cccc(CNC(=O)C2(C(=O)NCc3ccc(F)cc3)CC2)c1. The first-order chi connectivity index (χ1) is 12.0. The molecule has 2 N–H and O–H groups in total. The van der Waals surface area contributed by atoms with E-state index in [1.165, 1.54) is 12.1 Å². The minimum Gasteiger partial charge on any atom is -0.351 e. The van der Waals surface area contributed by atoms with Crippen LogP contribution in [0.5, 0.6) is 0 Å². The molecule has 2 aromatic carbocycles. The van der Waals surface area contributed by atoms with Gasteiger partial charge in [0.05, 0.1) is 0 Å². The van der Waals surface area contributed by atoms with Crippen LogP contribution in [0.2, 0.25) is 0 Å². The first-order valence-electron chi connectivity index (χ1n) is 8.36. The number of nitrogens with one attached hydrogen (secondary N) is 2. The standard InChI is InChI=1S/C20H21FN2O2/c1-14-3-2-4-16(11-14)13-23-19(25)20(9-10-20)18(24)22-12-15-5-7-17(21)8-6-15/h2-8,11H,9-10,12-13H2,1H3,(H,22,24)(H,23,25).